The van der Waals surface area contributed by atoms with Crippen LogP contribution in [0.3, 0.4) is 0 Å². The molecule has 0 unspecified atom stereocenters. The fraction of sp³-hybridized carbons (Fsp3) is 0.308. The van der Waals surface area contributed by atoms with Crippen LogP contribution in [0.15, 0.2) is 24.4 Å². The van der Waals surface area contributed by atoms with Crippen molar-refractivity contribution >= 4 is 10.8 Å². The first-order valence-electron chi connectivity index (χ1n) is 5.13. The summed E-state index contributed by atoms with van der Waals surface area (Å²) in [6, 6.07) is 4.18. The van der Waals surface area contributed by atoms with Crippen LogP contribution in [0.1, 0.15) is 26.5 Å². The summed E-state index contributed by atoms with van der Waals surface area (Å²) in [5.74, 6) is -1.66. The zero-order chi connectivity index (χ0) is 11.9. The smallest absolute Gasteiger partial charge is 0.159 e. The van der Waals surface area contributed by atoms with Gasteiger partial charge in [-0.15, -0.1) is 0 Å². The van der Waals surface area contributed by atoms with E-state index < -0.39 is 11.6 Å². The Balaban J connectivity index is 2.67. The average Bonchev–Trinajstić information content (AvgIpc) is 2.17. The molecule has 16 heavy (non-hydrogen) atoms. The van der Waals surface area contributed by atoms with Gasteiger partial charge in [-0.25, -0.2) is 8.78 Å². The summed E-state index contributed by atoms with van der Waals surface area (Å²) in [7, 11) is 0. The Morgan fingerprint density at radius 2 is 1.50 bits per heavy atom. The van der Waals surface area contributed by atoms with Crippen molar-refractivity contribution in [3.05, 3.63) is 41.7 Å². The van der Waals surface area contributed by atoms with Crippen molar-refractivity contribution in [3.8, 4) is 0 Å². The van der Waals surface area contributed by atoms with E-state index in [-0.39, 0.29) is 5.41 Å². The highest BCUT2D eigenvalue weighted by molar-refractivity contribution is 5.82. The maximum absolute atomic E-state index is 13.1. The maximum atomic E-state index is 13.1. The number of nitrogens with zero attached hydrogens (tertiary/aromatic N) is 1. The Morgan fingerprint density at radius 1 is 0.938 bits per heavy atom. The molecule has 0 atom stereocenters. The Hall–Kier alpha value is -1.51. The Labute approximate surface area is 93.1 Å². The molecule has 0 fully saturated rings. The van der Waals surface area contributed by atoms with Gasteiger partial charge in [-0.2, -0.15) is 0 Å². The van der Waals surface area contributed by atoms with Crippen molar-refractivity contribution in [2.75, 3.05) is 0 Å². The third kappa shape index (κ3) is 1.90. The van der Waals surface area contributed by atoms with Gasteiger partial charge in [0.25, 0.3) is 0 Å². The van der Waals surface area contributed by atoms with Crippen LogP contribution in [0, 0.1) is 11.6 Å². The molecule has 0 amide bonds. The lowest BCUT2D eigenvalue weighted by atomic mass is 9.91. The minimum Gasteiger partial charge on any atom is -0.260 e. The molecule has 1 nitrogen and oxygen atoms in total. The van der Waals surface area contributed by atoms with E-state index in [4.69, 9.17) is 0 Å². The monoisotopic (exact) mass is 221 g/mol. The van der Waals surface area contributed by atoms with E-state index in [9.17, 15) is 8.78 Å². The fourth-order valence-corrected chi connectivity index (χ4v) is 1.55. The number of aromatic nitrogens is 1. The summed E-state index contributed by atoms with van der Waals surface area (Å²) in [6.07, 6.45) is 1.58. The van der Waals surface area contributed by atoms with E-state index in [1.165, 1.54) is 12.1 Å². The number of halogens is 2. The molecular weight excluding hydrogens is 208 g/mol. The average molecular weight is 221 g/mol. The second kappa shape index (κ2) is 3.51. The molecule has 2 rings (SSSR count). The number of fused-ring (bicyclic) bond motifs is 1. The van der Waals surface area contributed by atoms with Gasteiger partial charge in [-0.05, 0) is 23.6 Å². The molecule has 3 heteroatoms. The molecule has 1 aromatic heterocycles. The molecule has 84 valence electrons. The van der Waals surface area contributed by atoms with Crippen LogP contribution in [0.25, 0.3) is 10.8 Å². The first-order chi connectivity index (χ1) is 7.38. The number of benzene rings is 1. The van der Waals surface area contributed by atoms with Crippen molar-refractivity contribution in [1.82, 2.24) is 4.98 Å². The van der Waals surface area contributed by atoms with Crippen LogP contribution in [0.4, 0.5) is 8.78 Å². The molecule has 0 saturated heterocycles. The highest BCUT2D eigenvalue weighted by atomic mass is 19.2. The van der Waals surface area contributed by atoms with Crippen LogP contribution >= 0.6 is 0 Å². The molecule has 0 radical (unpaired) electrons. The molecule has 2 aromatic rings. The van der Waals surface area contributed by atoms with Crippen molar-refractivity contribution < 1.29 is 8.78 Å². The van der Waals surface area contributed by atoms with E-state index in [0.29, 0.717) is 10.8 Å². The van der Waals surface area contributed by atoms with Gasteiger partial charge in [-0.1, -0.05) is 20.8 Å². The summed E-state index contributed by atoms with van der Waals surface area (Å²) in [6.45, 7) is 6.09. The minimum atomic E-state index is -0.835. The van der Waals surface area contributed by atoms with Crippen LogP contribution in [-0.4, -0.2) is 4.98 Å². The number of hydrogen-bond acceptors (Lipinski definition) is 1. The topological polar surface area (TPSA) is 12.9 Å². The first kappa shape index (κ1) is 11.0. The molecule has 0 aliphatic rings. The molecule has 1 heterocycles. The van der Waals surface area contributed by atoms with Crippen LogP contribution < -0.4 is 0 Å². The summed E-state index contributed by atoms with van der Waals surface area (Å²) in [5.41, 5.74) is 0.769. The van der Waals surface area contributed by atoms with E-state index in [0.717, 1.165) is 5.69 Å². The number of pyridine rings is 1. The summed E-state index contributed by atoms with van der Waals surface area (Å²) >= 11 is 0. The van der Waals surface area contributed by atoms with Gasteiger partial charge >= 0.3 is 0 Å². The van der Waals surface area contributed by atoms with Crippen molar-refractivity contribution in [1.29, 1.82) is 0 Å². The second-order valence-corrected chi connectivity index (χ2v) is 4.93. The Morgan fingerprint density at radius 3 is 2.06 bits per heavy atom. The van der Waals surface area contributed by atoms with Gasteiger partial charge in [0.15, 0.2) is 11.6 Å². The normalized spacial score (nSPS) is 12.1. The number of rotatable bonds is 0. The lowest BCUT2D eigenvalue weighted by molar-refractivity contribution is 0.510. The Kier molecular flexibility index (Phi) is 2.41. The second-order valence-electron chi connectivity index (χ2n) is 4.93. The molecule has 1 aromatic carbocycles. The van der Waals surface area contributed by atoms with Crippen LogP contribution in [0.5, 0.6) is 0 Å². The van der Waals surface area contributed by atoms with Gasteiger partial charge in [0.2, 0.25) is 0 Å². The standard InChI is InChI=1S/C13H13F2N/c1-13(2,3)12-6-8-4-10(14)11(15)5-9(8)7-16-12/h4-7H,1-3H3. The van der Waals surface area contributed by atoms with E-state index in [2.05, 4.69) is 4.98 Å². The fourth-order valence-electron chi connectivity index (χ4n) is 1.55. The lowest BCUT2D eigenvalue weighted by Gasteiger charge is -2.17. The van der Waals surface area contributed by atoms with Gasteiger partial charge in [0.05, 0.1) is 0 Å². The van der Waals surface area contributed by atoms with Gasteiger partial charge in [-0.3, -0.25) is 4.98 Å². The largest absolute Gasteiger partial charge is 0.260 e. The summed E-state index contributed by atoms with van der Waals surface area (Å²) < 4.78 is 26.1. The third-order valence-electron chi connectivity index (χ3n) is 2.53. The first-order valence-corrected chi connectivity index (χ1v) is 5.13. The zero-order valence-electron chi connectivity index (χ0n) is 9.51. The molecule has 0 aliphatic carbocycles. The lowest BCUT2D eigenvalue weighted by Crippen LogP contribution is -2.13. The quantitative estimate of drug-likeness (QED) is 0.659. The molecule has 0 spiro atoms. The van der Waals surface area contributed by atoms with Gasteiger partial charge in [0, 0.05) is 22.7 Å². The third-order valence-corrected chi connectivity index (χ3v) is 2.53. The molecule has 0 saturated carbocycles. The minimum absolute atomic E-state index is 0.0982. The van der Waals surface area contributed by atoms with Crippen LogP contribution in [-0.2, 0) is 5.41 Å². The van der Waals surface area contributed by atoms with Crippen molar-refractivity contribution in [3.63, 3.8) is 0 Å². The molecule has 0 N–H and O–H groups in total. The van der Waals surface area contributed by atoms with Crippen molar-refractivity contribution in [2.24, 2.45) is 0 Å². The van der Waals surface area contributed by atoms with E-state index >= 15 is 0 Å². The highest BCUT2D eigenvalue weighted by Crippen LogP contribution is 2.25. The molecule has 0 bridgehead atoms. The van der Waals surface area contributed by atoms with Gasteiger partial charge in [0.1, 0.15) is 0 Å². The Bertz CT molecular complexity index is 541. The predicted molar refractivity (Wildman–Crippen MR) is 60.4 cm³/mol. The van der Waals surface area contributed by atoms with Crippen LogP contribution in [0.2, 0.25) is 0 Å². The maximum Gasteiger partial charge on any atom is 0.159 e. The summed E-state index contributed by atoms with van der Waals surface area (Å²) in [5, 5.41) is 1.30. The summed E-state index contributed by atoms with van der Waals surface area (Å²) in [4.78, 5) is 4.26. The molecular formula is C13H13F2N. The molecule has 0 aliphatic heterocycles. The van der Waals surface area contributed by atoms with E-state index in [1.807, 2.05) is 20.8 Å². The number of hydrogen-bond donors (Lipinski definition) is 0. The predicted octanol–water partition coefficient (Wildman–Crippen LogP) is 3.81. The SMILES string of the molecule is CC(C)(C)c1cc2cc(F)c(F)cc2cn1. The van der Waals surface area contributed by atoms with E-state index in [1.54, 1.807) is 12.3 Å². The van der Waals surface area contributed by atoms with Gasteiger partial charge < -0.3 is 0 Å². The van der Waals surface area contributed by atoms with Crippen molar-refractivity contribution in [2.45, 2.75) is 26.2 Å². The zero-order valence-corrected chi connectivity index (χ0v) is 9.51. The highest BCUT2D eigenvalue weighted by Gasteiger charge is 2.16.